The Bertz CT molecular complexity index is 1190. The van der Waals surface area contributed by atoms with Crippen LogP contribution in [0.4, 0.5) is 0 Å². The third kappa shape index (κ3) is 5.42. The predicted molar refractivity (Wildman–Crippen MR) is 129 cm³/mol. The zero-order valence-electron chi connectivity index (χ0n) is 19.3. The van der Waals surface area contributed by atoms with Gasteiger partial charge in [-0.15, -0.1) is 5.10 Å². The smallest absolute Gasteiger partial charge is 0.218 e. The van der Waals surface area contributed by atoms with Gasteiger partial charge in [0.2, 0.25) is 5.88 Å². The molecule has 4 aromatic rings. The first-order valence-corrected chi connectivity index (χ1v) is 11.7. The van der Waals surface area contributed by atoms with Gasteiger partial charge in [0.1, 0.15) is 5.82 Å². The Morgan fingerprint density at radius 2 is 1.67 bits per heavy atom. The van der Waals surface area contributed by atoms with E-state index in [4.69, 9.17) is 4.98 Å². The molecule has 33 heavy (non-hydrogen) atoms. The summed E-state index contributed by atoms with van der Waals surface area (Å²) in [4.78, 5) is 9.26. The van der Waals surface area contributed by atoms with E-state index in [-0.39, 0.29) is 5.88 Å². The molecule has 2 heterocycles. The number of aromatic amines is 1. The lowest BCUT2D eigenvalue weighted by Crippen LogP contribution is -2.06. The first kappa shape index (κ1) is 22.6. The standard InChI is InChI=1S/C26H30N6O/c1-3-5-14-23-22(26(33)28-24(27-23)15-6-4-2)17-18-10-9-11-19(16-18)20-12-7-8-13-21(20)25-29-31-32-30-25/h7-13,16H,3-6,14-15,17H2,1-2H3,(H,27,28,33)(H,29,30,31,32). The first-order chi connectivity index (χ1) is 16.2. The number of hydrogen-bond acceptors (Lipinski definition) is 6. The number of aromatic nitrogens is 6. The highest BCUT2D eigenvalue weighted by Crippen LogP contribution is 2.31. The maximum absolute atomic E-state index is 10.8. The monoisotopic (exact) mass is 442 g/mol. The summed E-state index contributed by atoms with van der Waals surface area (Å²) in [5.41, 5.74) is 5.93. The van der Waals surface area contributed by atoms with Gasteiger partial charge in [-0.1, -0.05) is 75.2 Å². The lowest BCUT2D eigenvalue weighted by atomic mass is 9.95. The van der Waals surface area contributed by atoms with E-state index < -0.39 is 0 Å². The minimum Gasteiger partial charge on any atom is -0.493 e. The van der Waals surface area contributed by atoms with Crippen LogP contribution >= 0.6 is 0 Å². The average molecular weight is 443 g/mol. The van der Waals surface area contributed by atoms with Crippen molar-refractivity contribution in [1.29, 1.82) is 0 Å². The van der Waals surface area contributed by atoms with E-state index in [1.807, 2.05) is 24.3 Å². The molecule has 0 atom stereocenters. The quantitative estimate of drug-likeness (QED) is 0.345. The van der Waals surface area contributed by atoms with Crippen LogP contribution in [-0.4, -0.2) is 35.7 Å². The summed E-state index contributed by atoms with van der Waals surface area (Å²) in [6.07, 6.45) is 6.45. The van der Waals surface area contributed by atoms with Gasteiger partial charge in [0.15, 0.2) is 5.82 Å². The van der Waals surface area contributed by atoms with Crippen LogP contribution in [0, 0.1) is 0 Å². The molecule has 2 aromatic carbocycles. The van der Waals surface area contributed by atoms with Crippen molar-refractivity contribution in [3.63, 3.8) is 0 Å². The molecule has 0 unspecified atom stereocenters. The fourth-order valence-electron chi connectivity index (χ4n) is 4.01. The number of H-pyrrole nitrogens is 1. The number of nitrogens with one attached hydrogen (secondary N) is 1. The van der Waals surface area contributed by atoms with E-state index in [1.165, 1.54) is 0 Å². The molecule has 0 aliphatic rings. The van der Waals surface area contributed by atoms with E-state index in [1.54, 1.807) is 0 Å². The molecule has 4 rings (SSSR count). The average Bonchev–Trinajstić information content (AvgIpc) is 3.38. The van der Waals surface area contributed by atoms with Gasteiger partial charge in [0, 0.05) is 24.0 Å². The molecule has 0 aliphatic carbocycles. The van der Waals surface area contributed by atoms with Crippen LogP contribution in [-0.2, 0) is 19.3 Å². The highest BCUT2D eigenvalue weighted by molar-refractivity contribution is 5.80. The molecule has 7 nitrogen and oxygen atoms in total. The summed E-state index contributed by atoms with van der Waals surface area (Å²) < 4.78 is 0. The molecule has 2 N–H and O–H groups in total. The summed E-state index contributed by atoms with van der Waals surface area (Å²) in [7, 11) is 0. The Kier molecular flexibility index (Phi) is 7.40. The summed E-state index contributed by atoms with van der Waals surface area (Å²) in [5, 5.41) is 25.2. The highest BCUT2D eigenvalue weighted by atomic mass is 16.3. The summed E-state index contributed by atoms with van der Waals surface area (Å²) in [5.74, 6) is 1.49. The molecule has 2 aromatic heterocycles. The van der Waals surface area contributed by atoms with Crippen LogP contribution < -0.4 is 0 Å². The fraction of sp³-hybridized carbons (Fsp3) is 0.346. The second kappa shape index (κ2) is 10.8. The minimum absolute atomic E-state index is 0.112. The van der Waals surface area contributed by atoms with Crippen molar-refractivity contribution in [2.24, 2.45) is 0 Å². The largest absolute Gasteiger partial charge is 0.493 e. The molecule has 0 saturated heterocycles. The van der Waals surface area contributed by atoms with Gasteiger partial charge in [-0.25, -0.2) is 10.1 Å². The van der Waals surface area contributed by atoms with Crippen molar-refractivity contribution in [1.82, 2.24) is 30.6 Å². The zero-order valence-corrected chi connectivity index (χ0v) is 19.3. The van der Waals surface area contributed by atoms with E-state index in [9.17, 15) is 5.11 Å². The summed E-state index contributed by atoms with van der Waals surface area (Å²) >= 11 is 0. The number of unbranched alkanes of at least 4 members (excludes halogenated alkanes) is 2. The third-order valence-electron chi connectivity index (χ3n) is 5.78. The van der Waals surface area contributed by atoms with Crippen molar-refractivity contribution in [3.8, 4) is 28.4 Å². The highest BCUT2D eigenvalue weighted by Gasteiger charge is 2.16. The molecule has 0 radical (unpaired) electrons. The number of nitrogens with zero attached hydrogens (tertiary/aromatic N) is 5. The molecule has 170 valence electrons. The molecule has 0 saturated carbocycles. The van der Waals surface area contributed by atoms with Crippen molar-refractivity contribution in [2.45, 2.75) is 58.8 Å². The Labute approximate surface area is 194 Å². The van der Waals surface area contributed by atoms with Gasteiger partial charge < -0.3 is 5.11 Å². The summed E-state index contributed by atoms with van der Waals surface area (Å²) in [6.45, 7) is 4.32. The first-order valence-electron chi connectivity index (χ1n) is 11.7. The molecule has 0 fully saturated rings. The Balaban J connectivity index is 1.67. The van der Waals surface area contributed by atoms with Gasteiger partial charge >= 0.3 is 0 Å². The minimum atomic E-state index is 0.112. The molecule has 7 heteroatoms. The number of tetrazole rings is 1. The van der Waals surface area contributed by atoms with Crippen molar-refractivity contribution in [3.05, 3.63) is 71.2 Å². The van der Waals surface area contributed by atoms with Crippen molar-refractivity contribution >= 4 is 0 Å². The van der Waals surface area contributed by atoms with Crippen LogP contribution in [0.5, 0.6) is 5.88 Å². The van der Waals surface area contributed by atoms with Gasteiger partial charge in [-0.3, -0.25) is 0 Å². The van der Waals surface area contributed by atoms with Gasteiger partial charge in [-0.05, 0) is 46.4 Å². The van der Waals surface area contributed by atoms with Crippen molar-refractivity contribution in [2.75, 3.05) is 0 Å². The second-order valence-electron chi connectivity index (χ2n) is 8.27. The van der Waals surface area contributed by atoms with Crippen LogP contribution in [0.25, 0.3) is 22.5 Å². The van der Waals surface area contributed by atoms with Gasteiger partial charge in [0.05, 0.1) is 5.69 Å². The lowest BCUT2D eigenvalue weighted by molar-refractivity contribution is 0.439. The van der Waals surface area contributed by atoms with Gasteiger partial charge in [-0.2, -0.15) is 4.98 Å². The summed E-state index contributed by atoms with van der Waals surface area (Å²) in [6, 6.07) is 16.4. The normalized spacial score (nSPS) is 11.1. The topological polar surface area (TPSA) is 100 Å². The van der Waals surface area contributed by atoms with Crippen LogP contribution in [0.15, 0.2) is 48.5 Å². The van der Waals surface area contributed by atoms with Gasteiger partial charge in [0.25, 0.3) is 0 Å². The van der Waals surface area contributed by atoms with Crippen molar-refractivity contribution < 1.29 is 5.11 Å². The molecule has 0 spiro atoms. The predicted octanol–water partition coefficient (Wildman–Crippen LogP) is 5.31. The maximum Gasteiger partial charge on any atom is 0.218 e. The SMILES string of the molecule is CCCCc1nc(O)c(Cc2cccc(-c3ccccc3-c3nnn[nH]3)c2)c(CCCC)n1. The molecule has 0 amide bonds. The Morgan fingerprint density at radius 3 is 2.42 bits per heavy atom. The third-order valence-corrected chi connectivity index (χ3v) is 5.78. The number of hydrogen-bond donors (Lipinski definition) is 2. The Hall–Kier alpha value is -3.61. The van der Waals surface area contributed by atoms with E-state index >= 15 is 0 Å². The second-order valence-corrected chi connectivity index (χ2v) is 8.27. The molecule has 0 bridgehead atoms. The fourth-order valence-corrected chi connectivity index (χ4v) is 4.01. The van der Waals surface area contributed by atoms with Crippen LogP contribution in [0.1, 0.15) is 62.2 Å². The van der Waals surface area contributed by atoms with Crippen LogP contribution in [0.3, 0.4) is 0 Å². The van der Waals surface area contributed by atoms with E-state index in [0.717, 1.165) is 77.9 Å². The number of aryl methyl sites for hydroxylation is 2. The number of rotatable bonds is 10. The van der Waals surface area contributed by atoms with E-state index in [0.29, 0.717) is 12.2 Å². The van der Waals surface area contributed by atoms with E-state index in [2.05, 4.69) is 63.7 Å². The zero-order chi connectivity index (χ0) is 23.0. The Morgan fingerprint density at radius 1 is 0.879 bits per heavy atom. The molecular weight excluding hydrogens is 412 g/mol. The number of benzene rings is 2. The number of aromatic hydroxyl groups is 1. The molecular formula is C26H30N6O. The lowest BCUT2D eigenvalue weighted by Gasteiger charge is -2.14. The van der Waals surface area contributed by atoms with Crippen LogP contribution in [0.2, 0.25) is 0 Å². The maximum atomic E-state index is 10.8. The molecule has 0 aliphatic heterocycles.